The van der Waals surface area contributed by atoms with Crippen LogP contribution in [0.2, 0.25) is 0 Å². The van der Waals surface area contributed by atoms with Crippen LogP contribution in [0.15, 0.2) is 48.6 Å². The van der Waals surface area contributed by atoms with Gasteiger partial charge >= 0.3 is 11.9 Å². The average Bonchev–Trinajstić information content (AvgIpc) is 3.21. The van der Waals surface area contributed by atoms with E-state index in [1.165, 1.54) is 103 Å². The molecule has 0 heterocycles. The zero-order valence-corrected chi connectivity index (χ0v) is 39.6. The molecule has 2 atom stereocenters. The summed E-state index contributed by atoms with van der Waals surface area (Å²) >= 11 is 0. The van der Waals surface area contributed by atoms with Crippen LogP contribution in [-0.2, 0) is 28.6 Å². The summed E-state index contributed by atoms with van der Waals surface area (Å²) in [5.41, 5.74) is 0. The maximum atomic E-state index is 12.7. The molecule has 0 bridgehead atoms. The summed E-state index contributed by atoms with van der Waals surface area (Å²) in [6.07, 6.45) is 51.4. The standard InChI is InChI=1S/C52H93NO7/c1-6-8-10-12-14-16-18-20-22-23-24-25-26-27-29-30-32-34-36-38-40-42-50(54)59-47-48(46-58-45-44-49(52(56)57)53(3,4)5)60-51(55)43-41-39-37-35-33-31-28-21-19-17-15-13-11-9-7-2/h9,11,15,17,21,23-24,28,48-49H,6-8,10,12-14,16,18-20,22,25-27,29-47H2,1-5H3/b11-9-,17-15-,24-23-,28-21-. The molecule has 0 fully saturated rings. The fourth-order valence-corrected chi connectivity index (χ4v) is 7.14. The van der Waals surface area contributed by atoms with Crippen molar-refractivity contribution in [1.82, 2.24) is 0 Å². The summed E-state index contributed by atoms with van der Waals surface area (Å²) in [5, 5.41) is 11.6. The minimum absolute atomic E-state index is 0.0329. The Bertz CT molecular complexity index is 1120. The lowest BCUT2D eigenvalue weighted by Crippen LogP contribution is -2.55. The van der Waals surface area contributed by atoms with Crippen molar-refractivity contribution in [1.29, 1.82) is 0 Å². The summed E-state index contributed by atoms with van der Waals surface area (Å²) in [5.74, 6) is -1.76. The highest BCUT2D eigenvalue weighted by Gasteiger charge is 2.25. The number of quaternary nitrogens is 1. The van der Waals surface area contributed by atoms with Crippen molar-refractivity contribution in [3.63, 3.8) is 0 Å². The van der Waals surface area contributed by atoms with Crippen molar-refractivity contribution in [3.8, 4) is 0 Å². The van der Waals surface area contributed by atoms with Gasteiger partial charge in [0.05, 0.1) is 40.3 Å². The monoisotopic (exact) mass is 844 g/mol. The number of hydrogen-bond donors (Lipinski definition) is 0. The Morgan fingerprint density at radius 1 is 0.517 bits per heavy atom. The fraction of sp³-hybridized carbons (Fsp3) is 0.788. The summed E-state index contributed by atoms with van der Waals surface area (Å²) in [4.78, 5) is 37.0. The predicted octanol–water partition coefficient (Wildman–Crippen LogP) is 12.6. The smallest absolute Gasteiger partial charge is 0.306 e. The van der Waals surface area contributed by atoms with Gasteiger partial charge < -0.3 is 28.6 Å². The Labute approximate surface area is 369 Å². The molecular formula is C52H93NO7. The van der Waals surface area contributed by atoms with Crippen molar-refractivity contribution in [3.05, 3.63) is 48.6 Å². The zero-order valence-electron chi connectivity index (χ0n) is 39.6. The lowest BCUT2D eigenvalue weighted by molar-refractivity contribution is -0.889. The van der Waals surface area contributed by atoms with Crippen LogP contribution in [0.3, 0.4) is 0 Å². The number of esters is 2. The van der Waals surface area contributed by atoms with Gasteiger partial charge in [0.2, 0.25) is 0 Å². The molecule has 0 spiro atoms. The number of ether oxygens (including phenoxy) is 3. The van der Waals surface area contributed by atoms with Crippen LogP contribution in [0.1, 0.15) is 213 Å². The van der Waals surface area contributed by atoms with E-state index in [-0.39, 0.29) is 42.7 Å². The number of hydrogen-bond acceptors (Lipinski definition) is 7. The first-order chi connectivity index (χ1) is 29.1. The zero-order chi connectivity index (χ0) is 44.2. The molecule has 0 aliphatic rings. The number of unbranched alkanes of at least 4 members (excludes halogenated alkanes) is 22. The molecule has 0 N–H and O–H groups in total. The molecule has 0 rings (SSSR count). The number of carboxylic acid groups (broad SMARTS) is 1. The number of carboxylic acids is 1. The van der Waals surface area contributed by atoms with E-state index >= 15 is 0 Å². The van der Waals surface area contributed by atoms with Crippen molar-refractivity contribution >= 4 is 17.9 Å². The number of rotatable bonds is 44. The van der Waals surface area contributed by atoms with Crippen molar-refractivity contribution in [2.75, 3.05) is 41.0 Å². The normalized spacial score (nSPS) is 13.3. The quantitative estimate of drug-likeness (QED) is 0.0260. The minimum atomic E-state index is -1.13. The van der Waals surface area contributed by atoms with Crippen LogP contribution >= 0.6 is 0 Å². The maximum absolute atomic E-state index is 12.7. The first-order valence-corrected chi connectivity index (χ1v) is 24.7. The molecule has 0 saturated heterocycles. The second kappa shape index (κ2) is 43.0. The highest BCUT2D eigenvalue weighted by Crippen LogP contribution is 2.15. The van der Waals surface area contributed by atoms with E-state index in [4.69, 9.17) is 14.2 Å². The van der Waals surface area contributed by atoms with Gasteiger partial charge in [0.1, 0.15) is 12.6 Å². The number of carbonyl (C=O) groups is 3. The van der Waals surface area contributed by atoms with E-state index < -0.39 is 18.1 Å². The molecule has 0 aromatic heterocycles. The van der Waals surface area contributed by atoms with E-state index in [1.807, 2.05) is 0 Å². The van der Waals surface area contributed by atoms with Crippen LogP contribution in [-0.4, -0.2) is 75.5 Å². The molecular weight excluding hydrogens is 751 g/mol. The number of allylic oxidation sites excluding steroid dienone is 8. The highest BCUT2D eigenvalue weighted by molar-refractivity contribution is 5.70. The molecule has 0 aliphatic carbocycles. The van der Waals surface area contributed by atoms with E-state index in [2.05, 4.69) is 62.5 Å². The van der Waals surface area contributed by atoms with Crippen molar-refractivity contribution in [2.24, 2.45) is 0 Å². The van der Waals surface area contributed by atoms with Gasteiger partial charge in [0.25, 0.3) is 0 Å². The molecule has 8 nitrogen and oxygen atoms in total. The van der Waals surface area contributed by atoms with Crippen LogP contribution < -0.4 is 5.11 Å². The second-order valence-electron chi connectivity index (χ2n) is 17.7. The molecule has 0 aromatic carbocycles. The Balaban J connectivity index is 4.25. The largest absolute Gasteiger partial charge is 0.544 e. The molecule has 60 heavy (non-hydrogen) atoms. The average molecular weight is 844 g/mol. The molecule has 0 amide bonds. The van der Waals surface area contributed by atoms with Gasteiger partial charge in [-0.05, 0) is 70.6 Å². The summed E-state index contributed by atoms with van der Waals surface area (Å²) in [6, 6.07) is -0.730. The van der Waals surface area contributed by atoms with Gasteiger partial charge in [-0.25, -0.2) is 0 Å². The SMILES string of the molecule is CC/C=C\C/C=C\C/C=C\CCCCCCCC(=O)OC(COCCC(C(=O)[O-])[N+](C)(C)C)COC(=O)CCCCCCCCCCC/C=C\CCCCCCCCCC. The van der Waals surface area contributed by atoms with Crippen LogP contribution in [0.4, 0.5) is 0 Å². The van der Waals surface area contributed by atoms with Gasteiger partial charge in [0, 0.05) is 19.3 Å². The third kappa shape index (κ3) is 40.7. The van der Waals surface area contributed by atoms with Gasteiger partial charge in [0.15, 0.2) is 6.10 Å². The summed E-state index contributed by atoms with van der Waals surface area (Å²) in [7, 11) is 5.40. The van der Waals surface area contributed by atoms with E-state index in [0.717, 1.165) is 77.0 Å². The highest BCUT2D eigenvalue weighted by atomic mass is 16.6. The topological polar surface area (TPSA) is 102 Å². The first-order valence-electron chi connectivity index (χ1n) is 24.7. The number of likely N-dealkylation sites (N-methyl/N-ethyl adjacent to an activating group) is 1. The third-order valence-electron chi connectivity index (χ3n) is 10.9. The van der Waals surface area contributed by atoms with Crippen LogP contribution in [0.25, 0.3) is 0 Å². The Morgan fingerprint density at radius 2 is 0.933 bits per heavy atom. The molecule has 348 valence electrons. The van der Waals surface area contributed by atoms with Gasteiger partial charge in [-0.2, -0.15) is 0 Å². The predicted molar refractivity (Wildman–Crippen MR) is 250 cm³/mol. The molecule has 0 saturated carbocycles. The number of nitrogens with zero attached hydrogens (tertiary/aromatic N) is 1. The lowest BCUT2D eigenvalue weighted by Gasteiger charge is -2.34. The fourth-order valence-electron chi connectivity index (χ4n) is 7.14. The summed E-state index contributed by atoms with van der Waals surface area (Å²) < 4.78 is 17.2. The Hall–Kier alpha value is -2.71. The number of carbonyl (C=O) groups excluding carboxylic acids is 3. The Kier molecular flexibility index (Phi) is 41.0. The maximum Gasteiger partial charge on any atom is 0.306 e. The van der Waals surface area contributed by atoms with Gasteiger partial charge in [-0.1, -0.05) is 172 Å². The first kappa shape index (κ1) is 57.3. The van der Waals surface area contributed by atoms with E-state index in [1.54, 1.807) is 21.1 Å². The van der Waals surface area contributed by atoms with Gasteiger partial charge in [-0.15, -0.1) is 0 Å². The molecule has 0 radical (unpaired) electrons. The lowest BCUT2D eigenvalue weighted by atomic mass is 10.1. The van der Waals surface area contributed by atoms with Crippen molar-refractivity contribution in [2.45, 2.75) is 225 Å². The second-order valence-corrected chi connectivity index (χ2v) is 17.7. The van der Waals surface area contributed by atoms with Crippen molar-refractivity contribution < 1.29 is 38.2 Å². The number of aliphatic carboxylic acids is 1. The van der Waals surface area contributed by atoms with E-state index in [0.29, 0.717) is 12.8 Å². The van der Waals surface area contributed by atoms with Gasteiger partial charge in [-0.3, -0.25) is 9.59 Å². The van der Waals surface area contributed by atoms with Crippen LogP contribution in [0.5, 0.6) is 0 Å². The third-order valence-corrected chi connectivity index (χ3v) is 10.9. The summed E-state index contributed by atoms with van der Waals surface area (Å²) in [6.45, 7) is 4.54. The minimum Gasteiger partial charge on any atom is -0.544 e. The van der Waals surface area contributed by atoms with E-state index in [9.17, 15) is 19.5 Å². The van der Waals surface area contributed by atoms with Crippen LogP contribution in [0, 0.1) is 0 Å². The molecule has 2 unspecified atom stereocenters. The molecule has 0 aromatic rings. The molecule has 0 aliphatic heterocycles. The molecule has 8 heteroatoms. The Morgan fingerprint density at radius 3 is 1.40 bits per heavy atom.